The predicted molar refractivity (Wildman–Crippen MR) is 70.0 cm³/mol. The summed E-state index contributed by atoms with van der Waals surface area (Å²) < 4.78 is 0. The van der Waals surface area contributed by atoms with Crippen molar-refractivity contribution in [2.24, 2.45) is 11.1 Å². The zero-order valence-electron chi connectivity index (χ0n) is 10.5. The smallest absolute Gasteiger partial charge is 0.142 e. The Balaban J connectivity index is 1.73. The third kappa shape index (κ3) is 4.22. The zero-order valence-corrected chi connectivity index (χ0v) is 10.5. The molecule has 0 saturated heterocycles. The van der Waals surface area contributed by atoms with Crippen LogP contribution in [0.25, 0.3) is 0 Å². The lowest BCUT2D eigenvalue weighted by Crippen LogP contribution is -2.07. The molecule has 0 bridgehead atoms. The van der Waals surface area contributed by atoms with E-state index in [0.717, 1.165) is 0 Å². The van der Waals surface area contributed by atoms with Gasteiger partial charge in [-0.3, -0.25) is 0 Å². The van der Waals surface area contributed by atoms with E-state index >= 15 is 0 Å². The molecule has 1 aliphatic rings. The van der Waals surface area contributed by atoms with Crippen molar-refractivity contribution in [2.45, 2.75) is 45.6 Å². The Morgan fingerprint density at radius 2 is 2.12 bits per heavy atom. The number of nitrogens with zero attached hydrogens (tertiary/aromatic N) is 1. The maximum Gasteiger partial charge on any atom is 0.142 e. The third-order valence-electron chi connectivity index (χ3n) is 3.22. The van der Waals surface area contributed by atoms with Gasteiger partial charge in [0.1, 0.15) is 12.8 Å². The van der Waals surface area contributed by atoms with Crippen LogP contribution in [0.15, 0.2) is 29.4 Å². The van der Waals surface area contributed by atoms with Crippen LogP contribution in [0.3, 0.4) is 0 Å². The molecule has 2 heteroatoms. The lowest BCUT2D eigenvalue weighted by atomic mass is 9.90. The van der Waals surface area contributed by atoms with E-state index in [9.17, 15) is 0 Å². The van der Waals surface area contributed by atoms with E-state index in [1.807, 2.05) is 6.07 Å². The summed E-state index contributed by atoms with van der Waals surface area (Å²) in [7, 11) is 0. The van der Waals surface area contributed by atoms with Crippen molar-refractivity contribution in [2.75, 3.05) is 0 Å². The Morgan fingerprint density at radius 1 is 1.29 bits per heavy atom. The number of hydrogen-bond donors (Lipinski definition) is 0. The highest BCUT2D eigenvalue weighted by molar-refractivity contribution is 5.59. The standard InChI is InChI=1S/C15H20NO/c1-13-6-5-9-15(10-13)12-17-16-11-14-7-3-2-4-8-14/h5-6,9-10,14H,2-4,7-8,12H2,1H3. The first-order chi connectivity index (χ1) is 8.34. The Kier molecular flexibility index (Phi) is 4.60. The Hall–Kier alpha value is -1.31. The molecule has 0 aliphatic heterocycles. The molecule has 0 spiro atoms. The van der Waals surface area contributed by atoms with Crippen molar-refractivity contribution >= 4 is 6.21 Å². The van der Waals surface area contributed by atoms with Crippen LogP contribution in [0.5, 0.6) is 0 Å². The molecule has 1 aliphatic carbocycles. The summed E-state index contributed by atoms with van der Waals surface area (Å²) in [4.78, 5) is 5.29. The highest BCUT2D eigenvalue weighted by Crippen LogP contribution is 2.21. The molecule has 2 nitrogen and oxygen atoms in total. The van der Waals surface area contributed by atoms with Gasteiger partial charge < -0.3 is 4.84 Å². The van der Waals surface area contributed by atoms with Crippen LogP contribution < -0.4 is 0 Å². The second-order valence-corrected chi connectivity index (χ2v) is 4.82. The quantitative estimate of drug-likeness (QED) is 0.567. The molecule has 1 aromatic carbocycles. The minimum absolute atomic E-state index is 0.515. The van der Waals surface area contributed by atoms with Gasteiger partial charge in [-0.05, 0) is 25.3 Å². The molecule has 1 aromatic rings. The normalized spacial score (nSPS) is 17.5. The first kappa shape index (κ1) is 12.2. The van der Waals surface area contributed by atoms with E-state index in [0.29, 0.717) is 12.5 Å². The summed E-state index contributed by atoms with van der Waals surface area (Å²) in [5.41, 5.74) is 2.42. The van der Waals surface area contributed by atoms with E-state index in [1.165, 1.54) is 43.2 Å². The van der Waals surface area contributed by atoms with Crippen molar-refractivity contribution < 1.29 is 4.84 Å². The van der Waals surface area contributed by atoms with E-state index < -0.39 is 0 Å². The van der Waals surface area contributed by atoms with Crippen molar-refractivity contribution in [3.05, 3.63) is 35.4 Å². The van der Waals surface area contributed by atoms with Crippen LogP contribution in [0.2, 0.25) is 0 Å². The van der Waals surface area contributed by atoms with Gasteiger partial charge in [0.05, 0.1) is 0 Å². The second kappa shape index (κ2) is 6.43. The molecule has 1 fully saturated rings. The van der Waals surface area contributed by atoms with Crippen LogP contribution in [0, 0.1) is 12.8 Å². The zero-order chi connectivity index (χ0) is 11.9. The van der Waals surface area contributed by atoms with Gasteiger partial charge in [-0.1, -0.05) is 54.2 Å². The van der Waals surface area contributed by atoms with Gasteiger partial charge in [0, 0.05) is 5.92 Å². The molecule has 0 atom stereocenters. The van der Waals surface area contributed by atoms with Gasteiger partial charge in [-0.2, -0.15) is 0 Å². The molecule has 17 heavy (non-hydrogen) atoms. The first-order valence-electron chi connectivity index (χ1n) is 6.47. The fourth-order valence-corrected chi connectivity index (χ4v) is 2.25. The summed E-state index contributed by atoms with van der Waals surface area (Å²) in [6.45, 7) is 2.63. The maximum absolute atomic E-state index is 5.29. The molecule has 0 unspecified atom stereocenters. The third-order valence-corrected chi connectivity index (χ3v) is 3.22. The minimum Gasteiger partial charge on any atom is -0.391 e. The van der Waals surface area contributed by atoms with Crippen LogP contribution >= 0.6 is 0 Å². The second-order valence-electron chi connectivity index (χ2n) is 4.82. The lowest BCUT2D eigenvalue weighted by molar-refractivity contribution is 0.130. The number of rotatable bonds is 4. The van der Waals surface area contributed by atoms with Crippen molar-refractivity contribution in [1.29, 1.82) is 0 Å². The number of hydrogen-bond acceptors (Lipinski definition) is 2. The number of aryl methyl sites for hydroxylation is 1. The summed E-state index contributed by atoms with van der Waals surface area (Å²) in [5.74, 6) is 0.515. The van der Waals surface area contributed by atoms with Gasteiger partial charge in [0.15, 0.2) is 0 Å². The molecule has 91 valence electrons. The Morgan fingerprint density at radius 3 is 2.88 bits per heavy atom. The first-order valence-corrected chi connectivity index (χ1v) is 6.47. The van der Waals surface area contributed by atoms with E-state index in [4.69, 9.17) is 4.84 Å². The molecular weight excluding hydrogens is 210 g/mol. The van der Waals surface area contributed by atoms with Gasteiger partial charge in [-0.25, -0.2) is 0 Å². The fourth-order valence-electron chi connectivity index (χ4n) is 2.25. The monoisotopic (exact) mass is 230 g/mol. The van der Waals surface area contributed by atoms with E-state index in [1.54, 1.807) is 0 Å². The van der Waals surface area contributed by atoms with Crippen LogP contribution in [-0.4, -0.2) is 6.21 Å². The summed E-state index contributed by atoms with van der Waals surface area (Å²) in [6.07, 6.45) is 9.53. The largest absolute Gasteiger partial charge is 0.391 e. The molecule has 0 amide bonds. The van der Waals surface area contributed by atoms with Crippen LogP contribution in [0.4, 0.5) is 0 Å². The molecule has 0 heterocycles. The lowest BCUT2D eigenvalue weighted by Gasteiger charge is -2.15. The van der Waals surface area contributed by atoms with E-state index in [-0.39, 0.29) is 0 Å². The Bertz CT molecular complexity index is 367. The maximum atomic E-state index is 5.29. The fraction of sp³-hybridized carbons (Fsp3) is 0.533. The summed E-state index contributed by atoms with van der Waals surface area (Å²) in [6, 6.07) is 8.31. The van der Waals surface area contributed by atoms with Gasteiger partial charge in [-0.15, -0.1) is 0 Å². The summed E-state index contributed by atoms with van der Waals surface area (Å²) in [5, 5.41) is 3.97. The topological polar surface area (TPSA) is 21.6 Å². The molecule has 1 saturated carbocycles. The Labute approximate surface area is 104 Å². The molecule has 0 N–H and O–H groups in total. The highest BCUT2D eigenvalue weighted by atomic mass is 16.6. The molecular formula is C15H20NO. The van der Waals surface area contributed by atoms with Crippen LogP contribution in [0.1, 0.15) is 43.2 Å². The van der Waals surface area contributed by atoms with Gasteiger partial charge in [0.2, 0.25) is 0 Å². The van der Waals surface area contributed by atoms with Crippen LogP contribution in [-0.2, 0) is 11.4 Å². The number of benzene rings is 1. The minimum atomic E-state index is 0.515. The van der Waals surface area contributed by atoms with Gasteiger partial charge in [0.25, 0.3) is 0 Å². The van der Waals surface area contributed by atoms with Crippen molar-refractivity contribution in [3.63, 3.8) is 0 Å². The van der Waals surface area contributed by atoms with E-state index in [2.05, 4.69) is 36.5 Å². The van der Waals surface area contributed by atoms with Gasteiger partial charge >= 0.3 is 0 Å². The summed E-state index contributed by atoms with van der Waals surface area (Å²) >= 11 is 0. The highest BCUT2D eigenvalue weighted by Gasteiger charge is 2.11. The predicted octanol–water partition coefficient (Wildman–Crippen LogP) is 3.95. The molecule has 1 radical (unpaired) electrons. The molecule has 0 aromatic heterocycles. The average Bonchev–Trinajstić information content (AvgIpc) is 2.36. The van der Waals surface area contributed by atoms with Crippen molar-refractivity contribution in [3.8, 4) is 0 Å². The molecule has 2 rings (SSSR count). The van der Waals surface area contributed by atoms with Crippen molar-refractivity contribution in [1.82, 2.24) is 0 Å². The average molecular weight is 230 g/mol. The SMILES string of the molecule is Cc1cccc(CO/N=[C]\C2CCCCC2)c1.